The van der Waals surface area contributed by atoms with Gasteiger partial charge < -0.3 is 0 Å². The van der Waals surface area contributed by atoms with E-state index in [0.29, 0.717) is 12.1 Å². The molecule has 1 saturated carbocycles. The number of nitrogens with one attached hydrogen (secondary N) is 1. The van der Waals surface area contributed by atoms with Crippen molar-refractivity contribution in [2.45, 2.75) is 26.3 Å². The van der Waals surface area contributed by atoms with Crippen LogP contribution >= 0.6 is 15.9 Å². The molecule has 1 amide bonds. The number of halogens is 2. The van der Waals surface area contributed by atoms with Crippen molar-refractivity contribution in [1.29, 1.82) is 0 Å². The van der Waals surface area contributed by atoms with Crippen molar-refractivity contribution in [2.75, 3.05) is 7.05 Å². The average molecular weight is 315 g/mol. The minimum Gasteiger partial charge on any atom is -0.281 e. The monoisotopic (exact) mass is 314 g/mol. The molecule has 0 aromatic heterocycles. The van der Waals surface area contributed by atoms with Crippen molar-refractivity contribution < 1.29 is 9.18 Å². The Bertz CT molecular complexity index is 474. The van der Waals surface area contributed by atoms with Gasteiger partial charge in [-0.1, -0.05) is 22.0 Å². The van der Waals surface area contributed by atoms with Gasteiger partial charge in [0, 0.05) is 29.5 Å². The maximum absolute atomic E-state index is 13.7. The third-order valence-corrected chi connectivity index (χ3v) is 3.95. The topological polar surface area (TPSA) is 32.3 Å². The predicted octanol–water partition coefficient (Wildman–Crippen LogP) is 2.77. The van der Waals surface area contributed by atoms with Crippen LogP contribution in [0.25, 0.3) is 0 Å². The SMILES string of the molecule is Cc1cc(CNN(C)C(=O)C2CC2)c(F)cc1Br. The van der Waals surface area contributed by atoms with Gasteiger partial charge in [0.2, 0.25) is 5.91 Å². The van der Waals surface area contributed by atoms with Gasteiger partial charge in [0.25, 0.3) is 0 Å². The molecule has 1 aliphatic carbocycles. The molecule has 98 valence electrons. The number of rotatable bonds is 4. The highest BCUT2D eigenvalue weighted by Crippen LogP contribution is 2.30. The van der Waals surface area contributed by atoms with E-state index >= 15 is 0 Å². The second-order valence-corrected chi connectivity index (χ2v) is 5.55. The average Bonchev–Trinajstić information content (AvgIpc) is 3.14. The summed E-state index contributed by atoms with van der Waals surface area (Å²) < 4.78 is 14.4. The van der Waals surface area contributed by atoms with Gasteiger partial charge in [-0.05, 0) is 31.4 Å². The van der Waals surface area contributed by atoms with Crippen LogP contribution in [0.2, 0.25) is 0 Å². The first kappa shape index (κ1) is 13.5. The first-order valence-electron chi connectivity index (χ1n) is 5.94. The summed E-state index contributed by atoms with van der Waals surface area (Å²) in [5, 5.41) is 1.47. The lowest BCUT2D eigenvalue weighted by Gasteiger charge is -2.18. The number of benzene rings is 1. The van der Waals surface area contributed by atoms with Gasteiger partial charge in [-0.3, -0.25) is 9.80 Å². The number of nitrogens with zero attached hydrogens (tertiary/aromatic N) is 1. The van der Waals surface area contributed by atoms with Crippen LogP contribution in [0.1, 0.15) is 24.0 Å². The van der Waals surface area contributed by atoms with Crippen LogP contribution in [0.15, 0.2) is 16.6 Å². The number of hydrogen-bond acceptors (Lipinski definition) is 2. The molecule has 0 atom stereocenters. The maximum Gasteiger partial charge on any atom is 0.239 e. The molecule has 1 aromatic carbocycles. The lowest BCUT2D eigenvalue weighted by molar-refractivity contribution is -0.134. The van der Waals surface area contributed by atoms with Crippen LogP contribution in [0.3, 0.4) is 0 Å². The largest absolute Gasteiger partial charge is 0.281 e. The molecule has 0 unspecified atom stereocenters. The Morgan fingerprint density at radius 2 is 2.22 bits per heavy atom. The summed E-state index contributed by atoms with van der Waals surface area (Å²) in [7, 11) is 1.68. The Morgan fingerprint density at radius 3 is 2.83 bits per heavy atom. The van der Waals surface area contributed by atoms with Gasteiger partial charge in [0.05, 0.1) is 0 Å². The van der Waals surface area contributed by atoms with E-state index in [4.69, 9.17) is 0 Å². The molecular formula is C13H16BrFN2O. The first-order chi connectivity index (χ1) is 8.49. The molecule has 3 nitrogen and oxygen atoms in total. The number of carbonyl (C=O) groups excluding carboxylic acids is 1. The van der Waals surface area contributed by atoms with E-state index in [9.17, 15) is 9.18 Å². The molecule has 1 aromatic rings. The Kier molecular flexibility index (Phi) is 4.02. The van der Waals surface area contributed by atoms with Gasteiger partial charge in [0.15, 0.2) is 0 Å². The van der Waals surface area contributed by atoms with Crippen LogP contribution in [0.5, 0.6) is 0 Å². The van der Waals surface area contributed by atoms with Gasteiger partial charge in [0.1, 0.15) is 5.82 Å². The number of hydrogen-bond donors (Lipinski definition) is 1. The molecular weight excluding hydrogens is 299 g/mol. The second-order valence-electron chi connectivity index (χ2n) is 4.70. The number of aryl methyl sites for hydroxylation is 1. The van der Waals surface area contributed by atoms with Crippen LogP contribution in [-0.2, 0) is 11.3 Å². The minimum absolute atomic E-state index is 0.0873. The molecule has 18 heavy (non-hydrogen) atoms. The summed E-state index contributed by atoms with van der Waals surface area (Å²) in [4.78, 5) is 11.7. The lowest BCUT2D eigenvalue weighted by Crippen LogP contribution is -2.40. The molecule has 0 aliphatic heterocycles. The van der Waals surface area contributed by atoms with Crippen molar-refractivity contribution in [3.05, 3.63) is 33.5 Å². The number of carbonyl (C=O) groups is 1. The Hall–Kier alpha value is -0.940. The van der Waals surface area contributed by atoms with Crippen molar-refractivity contribution in [1.82, 2.24) is 10.4 Å². The fraction of sp³-hybridized carbons (Fsp3) is 0.462. The van der Waals surface area contributed by atoms with Gasteiger partial charge in [-0.2, -0.15) is 0 Å². The van der Waals surface area contributed by atoms with E-state index in [-0.39, 0.29) is 17.6 Å². The van der Waals surface area contributed by atoms with Crippen molar-refractivity contribution in [3.63, 3.8) is 0 Å². The summed E-state index contributed by atoms with van der Waals surface area (Å²) in [6, 6.07) is 3.23. The molecule has 2 rings (SSSR count). The van der Waals surface area contributed by atoms with E-state index in [1.807, 2.05) is 6.92 Å². The summed E-state index contributed by atoms with van der Waals surface area (Å²) in [6.07, 6.45) is 1.94. The maximum atomic E-state index is 13.7. The highest BCUT2D eigenvalue weighted by molar-refractivity contribution is 9.10. The normalized spacial score (nSPS) is 14.7. The molecule has 1 aliphatic rings. The second kappa shape index (κ2) is 5.36. The molecule has 1 fully saturated rings. The molecule has 0 spiro atoms. The van der Waals surface area contributed by atoms with Crippen molar-refractivity contribution in [3.8, 4) is 0 Å². The zero-order valence-electron chi connectivity index (χ0n) is 10.5. The third-order valence-electron chi connectivity index (χ3n) is 3.09. The van der Waals surface area contributed by atoms with E-state index in [1.54, 1.807) is 13.1 Å². The van der Waals surface area contributed by atoms with Gasteiger partial charge in [-0.25, -0.2) is 9.82 Å². The fourth-order valence-electron chi connectivity index (χ4n) is 1.74. The molecule has 0 radical (unpaired) electrons. The Balaban J connectivity index is 1.97. The van der Waals surface area contributed by atoms with E-state index < -0.39 is 0 Å². The van der Waals surface area contributed by atoms with Crippen LogP contribution in [0, 0.1) is 18.7 Å². The van der Waals surface area contributed by atoms with Crippen LogP contribution in [-0.4, -0.2) is 18.0 Å². The summed E-state index contributed by atoms with van der Waals surface area (Å²) >= 11 is 3.29. The first-order valence-corrected chi connectivity index (χ1v) is 6.74. The molecule has 0 saturated heterocycles. The molecule has 0 heterocycles. The Labute approximate surface area is 114 Å². The summed E-state index contributed by atoms with van der Waals surface area (Å²) in [6.45, 7) is 2.22. The minimum atomic E-state index is -0.271. The van der Waals surface area contributed by atoms with Gasteiger partial charge >= 0.3 is 0 Å². The molecule has 1 N–H and O–H groups in total. The lowest BCUT2D eigenvalue weighted by atomic mass is 10.1. The van der Waals surface area contributed by atoms with Crippen molar-refractivity contribution in [2.24, 2.45) is 5.92 Å². The standard InChI is InChI=1S/C13H16BrFN2O/c1-8-5-10(12(15)6-11(8)14)7-16-17(2)13(18)9-3-4-9/h5-6,9,16H,3-4,7H2,1-2H3. The number of amides is 1. The predicted molar refractivity (Wildman–Crippen MR) is 71.2 cm³/mol. The van der Waals surface area contributed by atoms with E-state index in [1.165, 1.54) is 11.1 Å². The van der Waals surface area contributed by atoms with Gasteiger partial charge in [-0.15, -0.1) is 0 Å². The zero-order valence-corrected chi connectivity index (χ0v) is 12.1. The third kappa shape index (κ3) is 3.09. The smallest absolute Gasteiger partial charge is 0.239 e. The Morgan fingerprint density at radius 1 is 1.56 bits per heavy atom. The quantitative estimate of drug-likeness (QED) is 0.867. The molecule has 0 bridgehead atoms. The van der Waals surface area contributed by atoms with Crippen molar-refractivity contribution >= 4 is 21.8 Å². The number of hydrazine groups is 1. The highest BCUT2D eigenvalue weighted by Gasteiger charge is 2.32. The van der Waals surface area contributed by atoms with Crippen LogP contribution in [0.4, 0.5) is 4.39 Å². The van der Waals surface area contributed by atoms with Crippen LogP contribution < -0.4 is 5.43 Å². The van der Waals surface area contributed by atoms with E-state index in [2.05, 4.69) is 21.4 Å². The highest BCUT2D eigenvalue weighted by atomic mass is 79.9. The summed E-state index contributed by atoms with van der Waals surface area (Å²) in [5.74, 6) is -0.0181. The zero-order chi connectivity index (χ0) is 13.3. The van der Waals surface area contributed by atoms with E-state index in [0.717, 1.165) is 22.9 Å². The fourth-order valence-corrected chi connectivity index (χ4v) is 2.05. The summed E-state index contributed by atoms with van der Waals surface area (Å²) in [5.41, 5.74) is 4.47. The molecule has 5 heteroatoms.